The predicted molar refractivity (Wildman–Crippen MR) is 79.3 cm³/mol. The smallest absolute Gasteiger partial charge is 0.276 e. The highest BCUT2D eigenvalue weighted by molar-refractivity contribution is 6.34. The molecule has 0 saturated carbocycles. The number of benzene rings is 1. The zero-order valence-electron chi connectivity index (χ0n) is 10.8. The van der Waals surface area contributed by atoms with Crippen LogP contribution < -0.4 is 5.32 Å². The molecule has 0 aliphatic carbocycles. The van der Waals surface area contributed by atoms with Crippen LogP contribution in [0.5, 0.6) is 0 Å². The first-order chi connectivity index (χ1) is 9.66. The fraction of sp³-hybridized carbons (Fsp3) is 0.0667. The van der Waals surface area contributed by atoms with Gasteiger partial charge in [0.05, 0.1) is 16.2 Å². The summed E-state index contributed by atoms with van der Waals surface area (Å²) in [7, 11) is 0. The van der Waals surface area contributed by atoms with Crippen molar-refractivity contribution in [3.8, 4) is 0 Å². The lowest BCUT2D eigenvalue weighted by atomic mass is 10.3. The Bertz CT molecular complexity index is 795. The van der Waals surface area contributed by atoms with E-state index in [4.69, 9.17) is 11.6 Å². The van der Waals surface area contributed by atoms with E-state index in [1.54, 1.807) is 12.1 Å². The number of halogens is 1. The highest BCUT2D eigenvalue weighted by Crippen LogP contribution is 2.22. The molecule has 1 amide bonds. The second kappa shape index (κ2) is 4.98. The van der Waals surface area contributed by atoms with Crippen molar-refractivity contribution in [3.05, 3.63) is 65.2 Å². The molecule has 0 spiro atoms. The number of fused-ring (bicyclic) bond motifs is 1. The van der Waals surface area contributed by atoms with E-state index < -0.39 is 0 Å². The molecular formula is C15H12ClN3O. The average molecular weight is 286 g/mol. The summed E-state index contributed by atoms with van der Waals surface area (Å²) in [5, 5.41) is 3.29. The van der Waals surface area contributed by atoms with Crippen LogP contribution in [0.25, 0.3) is 5.52 Å². The van der Waals surface area contributed by atoms with Gasteiger partial charge in [0.15, 0.2) is 5.69 Å². The van der Waals surface area contributed by atoms with Gasteiger partial charge in [-0.15, -0.1) is 0 Å². The molecule has 0 bridgehead atoms. The molecule has 5 heteroatoms. The first-order valence-corrected chi connectivity index (χ1v) is 6.54. The second-order valence-corrected chi connectivity index (χ2v) is 4.80. The van der Waals surface area contributed by atoms with Crippen LogP contribution in [0.15, 0.2) is 48.7 Å². The maximum Gasteiger partial charge on any atom is 0.276 e. The SMILES string of the molecule is Cc1nc(C(=O)Nc2ccccc2Cl)c2ccccn12. The van der Waals surface area contributed by atoms with E-state index in [0.29, 0.717) is 16.4 Å². The standard InChI is InChI=1S/C15H12ClN3O/c1-10-17-14(13-8-4-5-9-19(10)13)15(20)18-12-7-3-2-6-11(12)16/h2-9H,1H3,(H,18,20). The third-order valence-corrected chi connectivity index (χ3v) is 3.39. The van der Waals surface area contributed by atoms with Gasteiger partial charge in [-0.25, -0.2) is 4.98 Å². The van der Waals surface area contributed by atoms with Crippen LogP contribution in [0.3, 0.4) is 0 Å². The number of rotatable bonds is 2. The summed E-state index contributed by atoms with van der Waals surface area (Å²) < 4.78 is 1.88. The maximum atomic E-state index is 12.3. The number of aryl methyl sites for hydroxylation is 1. The highest BCUT2D eigenvalue weighted by atomic mass is 35.5. The lowest BCUT2D eigenvalue weighted by Crippen LogP contribution is -2.13. The molecule has 20 heavy (non-hydrogen) atoms. The molecule has 0 unspecified atom stereocenters. The van der Waals surface area contributed by atoms with Gasteiger partial charge in [0, 0.05) is 6.20 Å². The van der Waals surface area contributed by atoms with E-state index in [0.717, 1.165) is 11.3 Å². The molecule has 0 fully saturated rings. The number of hydrogen-bond donors (Lipinski definition) is 1. The Morgan fingerprint density at radius 2 is 1.95 bits per heavy atom. The van der Waals surface area contributed by atoms with Crippen molar-refractivity contribution in [2.45, 2.75) is 6.92 Å². The molecule has 100 valence electrons. The highest BCUT2D eigenvalue weighted by Gasteiger charge is 2.16. The van der Waals surface area contributed by atoms with Gasteiger partial charge in [-0.2, -0.15) is 0 Å². The Kier molecular flexibility index (Phi) is 3.16. The molecule has 3 rings (SSSR count). The first-order valence-electron chi connectivity index (χ1n) is 6.16. The Labute approximate surface area is 121 Å². The topological polar surface area (TPSA) is 46.4 Å². The Balaban J connectivity index is 2.00. The molecule has 0 radical (unpaired) electrons. The van der Waals surface area contributed by atoms with Gasteiger partial charge in [0.2, 0.25) is 0 Å². The molecule has 1 N–H and O–H groups in total. The number of amides is 1. The summed E-state index contributed by atoms with van der Waals surface area (Å²) in [6.45, 7) is 1.86. The Hall–Kier alpha value is -2.33. The number of imidazole rings is 1. The van der Waals surface area contributed by atoms with E-state index in [1.807, 2.05) is 47.9 Å². The van der Waals surface area contributed by atoms with E-state index in [-0.39, 0.29) is 5.91 Å². The number of para-hydroxylation sites is 1. The minimum absolute atomic E-state index is 0.269. The first kappa shape index (κ1) is 12.7. The molecule has 2 aromatic heterocycles. The Morgan fingerprint density at radius 1 is 1.20 bits per heavy atom. The van der Waals surface area contributed by atoms with Crippen molar-refractivity contribution in [3.63, 3.8) is 0 Å². The van der Waals surface area contributed by atoms with E-state index >= 15 is 0 Å². The number of nitrogens with zero attached hydrogens (tertiary/aromatic N) is 2. The van der Waals surface area contributed by atoms with Crippen LogP contribution in [-0.2, 0) is 0 Å². The summed E-state index contributed by atoms with van der Waals surface area (Å²) in [4.78, 5) is 16.7. The number of carbonyl (C=O) groups excluding carboxylic acids is 1. The number of anilines is 1. The molecular weight excluding hydrogens is 274 g/mol. The van der Waals surface area contributed by atoms with E-state index in [2.05, 4.69) is 10.3 Å². The normalized spacial score (nSPS) is 10.7. The van der Waals surface area contributed by atoms with Crippen LogP contribution >= 0.6 is 11.6 Å². The van der Waals surface area contributed by atoms with Crippen molar-refractivity contribution >= 4 is 28.7 Å². The van der Waals surface area contributed by atoms with Gasteiger partial charge >= 0.3 is 0 Å². The summed E-state index contributed by atoms with van der Waals surface area (Å²) in [5.74, 6) is 0.500. The zero-order valence-corrected chi connectivity index (χ0v) is 11.6. The molecule has 0 saturated heterocycles. The summed E-state index contributed by atoms with van der Waals surface area (Å²) >= 11 is 6.04. The molecule has 1 aromatic carbocycles. The number of carbonyl (C=O) groups is 1. The fourth-order valence-electron chi connectivity index (χ4n) is 2.10. The lowest BCUT2D eigenvalue weighted by molar-refractivity contribution is 0.102. The molecule has 2 heterocycles. The summed E-state index contributed by atoms with van der Waals surface area (Å²) in [6.07, 6.45) is 1.88. The molecule has 3 aromatic rings. The van der Waals surface area contributed by atoms with Gasteiger partial charge < -0.3 is 9.72 Å². The number of nitrogens with one attached hydrogen (secondary N) is 1. The summed E-state index contributed by atoms with van der Waals surface area (Å²) in [5.41, 5.74) is 1.74. The maximum absolute atomic E-state index is 12.3. The van der Waals surface area contributed by atoms with Crippen molar-refractivity contribution in [2.24, 2.45) is 0 Å². The third kappa shape index (κ3) is 2.14. The van der Waals surface area contributed by atoms with Gasteiger partial charge in [-0.1, -0.05) is 29.8 Å². The van der Waals surface area contributed by atoms with Crippen LogP contribution in [0.4, 0.5) is 5.69 Å². The number of hydrogen-bond acceptors (Lipinski definition) is 2. The van der Waals surface area contributed by atoms with Gasteiger partial charge in [-0.05, 0) is 31.2 Å². The molecule has 0 aliphatic heterocycles. The van der Waals surface area contributed by atoms with Crippen molar-refractivity contribution in [1.82, 2.24) is 9.38 Å². The van der Waals surface area contributed by atoms with Crippen molar-refractivity contribution < 1.29 is 4.79 Å². The van der Waals surface area contributed by atoms with E-state index in [9.17, 15) is 4.79 Å². The molecule has 4 nitrogen and oxygen atoms in total. The lowest BCUT2D eigenvalue weighted by Gasteiger charge is -2.05. The quantitative estimate of drug-likeness (QED) is 0.783. The van der Waals surface area contributed by atoms with Crippen LogP contribution in [0.1, 0.15) is 16.3 Å². The van der Waals surface area contributed by atoms with Gasteiger partial charge in [0.1, 0.15) is 5.82 Å². The monoisotopic (exact) mass is 285 g/mol. The largest absolute Gasteiger partial charge is 0.319 e. The van der Waals surface area contributed by atoms with Crippen LogP contribution in [-0.4, -0.2) is 15.3 Å². The number of pyridine rings is 1. The summed E-state index contributed by atoms with van der Waals surface area (Å²) in [6, 6.07) is 12.8. The van der Waals surface area contributed by atoms with E-state index in [1.165, 1.54) is 0 Å². The zero-order chi connectivity index (χ0) is 14.1. The molecule has 0 atom stereocenters. The minimum atomic E-state index is -0.269. The third-order valence-electron chi connectivity index (χ3n) is 3.06. The predicted octanol–water partition coefficient (Wildman–Crippen LogP) is 3.55. The Morgan fingerprint density at radius 3 is 2.75 bits per heavy atom. The van der Waals surface area contributed by atoms with Crippen LogP contribution in [0.2, 0.25) is 5.02 Å². The number of aromatic nitrogens is 2. The van der Waals surface area contributed by atoms with Crippen molar-refractivity contribution in [2.75, 3.05) is 5.32 Å². The van der Waals surface area contributed by atoms with Crippen molar-refractivity contribution in [1.29, 1.82) is 0 Å². The fourth-order valence-corrected chi connectivity index (χ4v) is 2.29. The average Bonchev–Trinajstić information content (AvgIpc) is 2.79. The van der Waals surface area contributed by atoms with Gasteiger partial charge in [-0.3, -0.25) is 4.79 Å². The minimum Gasteiger partial charge on any atom is -0.319 e. The molecule has 0 aliphatic rings. The van der Waals surface area contributed by atoms with Gasteiger partial charge in [0.25, 0.3) is 5.91 Å². The van der Waals surface area contributed by atoms with Crippen LogP contribution in [0, 0.1) is 6.92 Å². The second-order valence-electron chi connectivity index (χ2n) is 4.40.